The van der Waals surface area contributed by atoms with Gasteiger partial charge >= 0.3 is 34.4 Å². The van der Waals surface area contributed by atoms with Crippen molar-refractivity contribution in [2.75, 3.05) is 0 Å². The molecule has 0 aromatic heterocycles. The fraction of sp³-hybridized carbons (Fsp3) is 0. The van der Waals surface area contributed by atoms with Crippen molar-refractivity contribution < 1.29 is 27.2 Å². The van der Waals surface area contributed by atoms with Crippen molar-refractivity contribution in [1.82, 2.24) is 0 Å². The van der Waals surface area contributed by atoms with Crippen LogP contribution in [0.1, 0.15) is 0 Å². The fourth-order valence-electron chi connectivity index (χ4n) is 0. The number of hydrogen-bond donors (Lipinski definition) is 0. The van der Waals surface area contributed by atoms with Gasteiger partial charge in [0.25, 0.3) is 0 Å². The quantitative estimate of drug-likeness (QED) is 0.287. The molecule has 0 aliphatic rings. The van der Waals surface area contributed by atoms with E-state index in [9.17, 15) is 0 Å². The topological polar surface area (TPSA) is 132 Å². The molecule has 0 spiro atoms. The Morgan fingerprint density at radius 2 is 0.800 bits per heavy atom. The zero-order valence-corrected chi connectivity index (χ0v) is 6.63. The van der Waals surface area contributed by atoms with Gasteiger partial charge in [-0.05, 0) is 0 Å². The molecule has 8 nitrogen and oxygen atoms in total. The van der Waals surface area contributed by atoms with Gasteiger partial charge in [0, 0.05) is 0 Å². The third-order valence-electron chi connectivity index (χ3n) is 0. The first-order chi connectivity index (χ1) is 3.46. The predicted molar refractivity (Wildman–Crippen MR) is 26.5 cm³/mol. The van der Waals surface area contributed by atoms with Crippen molar-refractivity contribution in [2.45, 2.75) is 0 Å². The minimum atomic E-state index is -1.75. The number of rotatable bonds is 0. The third-order valence-corrected chi connectivity index (χ3v) is 0. The Labute approximate surface area is 75.7 Å². The zero-order chi connectivity index (χ0) is 7.15. The van der Waals surface area contributed by atoms with Crippen LogP contribution in [-0.2, 0) is 17.1 Å². The van der Waals surface area contributed by atoms with Gasteiger partial charge in [-0.15, -0.1) is 0 Å². The molecule has 10 heteroatoms. The molecular weight excluding hydrogens is 206 g/mol. The molecule has 0 unspecified atom stereocenters. The van der Waals surface area contributed by atoms with Crippen LogP contribution in [0.4, 0.5) is 0 Å². The van der Waals surface area contributed by atoms with Gasteiger partial charge < -0.3 is 30.6 Å². The molecule has 0 N–H and O–H groups in total. The van der Waals surface area contributed by atoms with Gasteiger partial charge in [0.2, 0.25) is 0 Å². The van der Waals surface area contributed by atoms with Crippen LogP contribution in [0.2, 0.25) is 0 Å². The predicted octanol–water partition coefficient (Wildman–Crippen LogP) is -0.862. The minimum Gasteiger partial charge on any atom is -0.356 e. The van der Waals surface area contributed by atoms with Crippen LogP contribution in [0.3, 0.4) is 0 Å². The standard InChI is InChI=1S/Al.Mn.2NO3/c;;2*2-1(3)4/q+3;+2;2*-1. The molecule has 0 aromatic carbocycles. The van der Waals surface area contributed by atoms with Crippen LogP contribution in [0.15, 0.2) is 0 Å². The molecule has 0 aliphatic carbocycles. The summed E-state index contributed by atoms with van der Waals surface area (Å²) in [4.78, 5) is 16.5. The Morgan fingerprint density at radius 3 is 0.800 bits per heavy atom. The van der Waals surface area contributed by atoms with Crippen molar-refractivity contribution >= 4 is 17.4 Å². The Hall–Kier alpha value is -0.548. The molecule has 0 amide bonds. The van der Waals surface area contributed by atoms with Gasteiger partial charge in [-0.2, -0.15) is 0 Å². The summed E-state index contributed by atoms with van der Waals surface area (Å²) in [7, 11) is 0. The molecule has 1 radical (unpaired) electrons. The van der Waals surface area contributed by atoms with Crippen LogP contribution in [0.5, 0.6) is 0 Å². The summed E-state index contributed by atoms with van der Waals surface area (Å²) in [6, 6.07) is 0. The Kier molecular flexibility index (Phi) is 35.9. The average molecular weight is 206 g/mol. The van der Waals surface area contributed by atoms with Crippen LogP contribution >= 0.6 is 0 Å². The summed E-state index contributed by atoms with van der Waals surface area (Å²) in [5.41, 5.74) is 0. The summed E-state index contributed by atoms with van der Waals surface area (Å²) in [5.74, 6) is 0. The maximum Gasteiger partial charge on any atom is 3.00 e. The molecule has 0 fully saturated rings. The summed E-state index contributed by atoms with van der Waals surface area (Å²) < 4.78 is 0. The normalized spacial score (nSPS) is 4.80. The molecule has 0 aliphatic heterocycles. The van der Waals surface area contributed by atoms with E-state index in [0.29, 0.717) is 0 Å². The third kappa shape index (κ3) is 1030. The average Bonchev–Trinajstić information content (AvgIpc) is 1.25. The maximum absolute atomic E-state index is 8.25. The van der Waals surface area contributed by atoms with E-state index in [1.165, 1.54) is 0 Å². The molecule has 53 valence electrons. The first kappa shape index (κ1) is 22.7. The summed E-state index contributed by atoms with van der Waals surface area (Å²) in [6.45, 7) is 0. The molecule has 0 heterocycles. The Morgan fingerprint density at radius 1 is 0.800 bits per heavy atom. The monoisotopic (exact) mass is 206 g/mol. The first-order valence-corrected chi connectivity index (χ1v) is 1.10. The Balaban J connectivity index is -0.0000000300. The summed E-state index contributed by atoms with van der Waals surface area (Å²) >= 11 is 0. The molecule has 0 saturated heterocycles. The second-order valence-electron chi connectivity index (χ2n) is 0.447. The van der Waals surface area contributed by atoms with Gasteiger partial charge in [0.05, 0.1) is 10.2 Å². The molecular formula is AlMnN2O6+3. The van der Waals surface area contributed by atoms with Gasteiger partial charge in [-0.25, -0.2) is 0 Å². The SMILES string of the molecule is O=[N+]([O-])[O-].O=[N+]([O-])[O-].[Al+3].[Mn+2]. The Bertz CT molecular complexity index is 73.7. The molecule has 0 bridgehead atoms. The molecule has 0 atom stereocenters. The van der Waals surface area contributed by atoms with Crippen molar-refractivity contribution in [3.63, 3.8) is 0 Å². The van der Waals surface area contributed by atoms with Gasteiger partial charge in [-0.1, -0.05) is 0 Å². The molecule has 0 aromatic rings. The number of nitrogens with zero attached hydrogens (tertiary/aromatic N) is 2. The first-order valence-electron chi connectivity index (χ1n) is 1.10. The van der Waals surface area contributed by atoms with E-state index >= 15 is 0 Å². The van der Waals surface area contributed by atoms with E-state index in [2.05, 4.69) is 0 Å². The van der Waals surface area contributed by atoms with E-state index in [1.54, 1.807) is 0 Å². The second-order valence-corrected chi connectivity index (χ2v) is 0.447. The van der Waals surface area contributed by atoms with Crippen LogP contribution < -0.4 is 0 Å². The van der Waals surface area contributed by atoms with Crippen molar-refractivity contribution in [3.05, 3.63) is 30.6 Å². The summed E-state index contributed by atoms with van der Waals surface area (Å²) in [6.07, 6.45) is 0. The van der Waals surface area contributed by atoms with Crippen molar-refractivity contribution in [1.29, 1.82) is 0 Å². The molecule has 0 saturated carbocycles. The van der Waals surface area contributed by atoms with E-state index in [4.69, 9.17) is 30.6 Å². The van der Waals surface area contributed by atoms with Crippen LogP contribution in [-0.4, -0.2) is 27.5 Å². The smallest absolute Gasteiger partial charge is 0.356 e. The van der Waals surface area contributed by atoms with Gasteiger partial charge in [-0.3, -0.25) is 0 Å². The fourth-order valence-corrected chi connectivity index (χ4v) is 0. The largest absolute Gasteiger partial charge is 3.00 e. The minimum absolute atomic E-state index is 0. The number of hydrogen-bond acceptors (Lipinski definition) is 6. The second kappa shape index (κ2) is 15.8. The van der Waals surface area contributed by atoms with Crippen LogP contribution in [0.25, 0.3) is 0 Å². The summed E-state index contributed by atoms with van der Waals surface area (Å²) in [5, 5.41) is 29.5. The van der Waals surface area contributed by atoms with E-state index in [-0.39, 0.29) is 34.4 Å². The van der Waals surface area contributed by atoms with Crippen molar-refractivity contribution in [3.8, 4) is 0 Å². The van der Waals surface area contributed by atoms with Gasteiger partial charge in [0.15, 0.2) is 0 Å². The maximum atomic E-state index is 8.25. The molecule has 0 rings (SSSR count). The van der Waals surface area contributed by atoms with E-state index < -0.39 is 10.2 Å². The van der Waals surface area contributed by atoms with E-state index in [0.717, 1.165) is 0 Å². The van der Waals surface area contributed by atoms with Crippen LogP contribution in [0, 0.1) is 30.6 Å². The van der Waals surface area contributed by atoms with Gasteiger partial charge in [0.1, 0.15) is 0 Å². The zero-order valence-electron chi connectivity index (χ0n) is 4.30. The van der Waals surface area contributed by atoms with Crippen molar-refractivity contribution in [2.24, 2.45) is 0 Å². The van der Waals surface area contributed by atoms with E-state index in [1.807, 2.05) is 0 Å². The molecule has 10 heavy (non-hydrogen) atoms.